The third-order valence-electron chi connectivity index (χ3n) is 1.80. The van der Waals surface area contributed by atoms with Gasteiger partial charge in [0.05, 0.1) is 0 Å². The molecule has 0 aromatic carbocycles. The quantitative estimate of drug-likeness (QED) is 0.607. The normalized spacial score (nSPS) is 10.4. The molecule has 0 aliphatic rings. The highest BCUT2D eigenvalue weighted by Crippen LogP contribution is 2.25. The summed E-state index contributed by atoms with van der Waals surface area (Å²) in [4.78, 5) is 40.1. The van der Waals surface area contributed by atoms with Crippen LogP contribution in [-0.4, -0.2) is 71.9 Å². The van der Waals surface area contributed by atoms with Gasteiger partial charge in [0.2, 0.25) is 17.8 Å². The summed E-state index contributed by atoms with van der Waals surface area (Å²) in [7, 11) is 6.83. The molecule has 1 rings (SSSR count). The van der Waals surface area contributed by atoms with Crippen molar-refractivity contribution in [2.75, 3.05) is 57.0 Å². The molecule has 0 spiro atoms. The fourth-order valence-corrected chi connectivity index (χ4v) is 0.943. The first-order chi connectivity index (χ1) is 8.91. The standard InChI is InChI=1S/C9H18N6.H3O4P/c1-13(2)7-10-8(14(3)4)12-9(11-7)15(5)6;1-5(2,3)4/h1-6H3;(H3,1,2,3,4). The van der Waals surface area contributed by atoms with Gasteiger partial charge in [-0.25, -0.2) is 4.57 Å². The maximum Gasteiger partial charge on any atom is 0.466 e. The maximum atomic E-state index is 8.88. The Morgan fingerprint density at radius 1 is 0.700 bits per heavy atom. The summed E-state index contributed by atoms with van der Waals surface area (Å²) in [6.45, 7) is 0. The minimum absolute atomic E-state index is 0.664. The predicted molar refractivity (Wildman–Crippen MR) is 77.1 cm³/mol. The van der Waals surface area contributed by atoms with E-state index in [1.165, 1.54) is 0 Å². The van der Waals surface area contributed by atoms with Gasteiger partial charge in [-0.05, 0) is 0 Å². The Hall–Kier alpha value is -1.48. The zero-order valence-corrected chi connectivity index (χ0v) is 13.3. The summed E-state index contributed by atoms with van der Waals surface area (Å²) in [6, 6.07) is 0. The summed E-state index contributed by atoms with van der Waals surface area (Å²) in [5.41, 5.74) is 0. The van der Waals surface area contributed by atoms with E-state index in [1.54, 1.807) is 0 Å². The molecule has 0 fully saturated rings. The lowest BCUT2D eigenvalue weighted by Gasteiger charge is -2.18. The minimum Gasteiger partial charge on any atom is -0.347 e. The molecule has 0 aliphatic carbocycles. The van der Waals surface area contributed by atoms with Crippen LogP contribution in [-0.2, 0) is 4.57 Å². The van der Waals surface area contributed by atoms with Gasteiger partial charge < -0.3 is 29.4 Å². The highest BCUT2D eigenvalue weighted by molar-refractivity contribution is 7.45. The van der Waals surface area contributed by atoms with E-state index in [1.807, 2.05) is 57.0 Å². The second-order valence-electron chi connectivity index (χ2n) is 4.43. The van der Waals surface area contributed by atoms with Gasteiger partial charge in [0, 0.05) is 42.3 Å². The summed E-state index contributed by atoms with van der Waals surface area (Å²) in [5.74, 6) is 1.99. The van der Waals surface area contributed by atoms with E-state index < -0.39 is 7.82 Å². The molecule has 0 unspecified atom stereocenters. The van der Waals surface area contributed by atoms with E-state index in [0.717, 1.165) is 0 Å². The molecule has 0 bridgehead atoms. The average Bonchev–Trinajstić information content (AvgIpc) is 2.25. The molecule has 0 saturated heterocycles. The van der Waals surface area contributed by atoms with Gasteiger partial charge in [-0.3, -0.25) is 0 Å². The molecule has 0 atom stereocenters. The van der Waals surface area contributed by atoms with Crippen LogP contribution in [0.25, 0.3) is 0 Å². The van der Waals surface area contributed by atoms with Crippen LogP contribution in [0.3, 0.4) is 0 Å². The van der Waals surface area contributed by atoms with Crippen LogP contribution in [0.4, 0.5) is 17.8 Å². The third-order valence-corrected chi connectivity index (χ3v) is 1.80. The topological polar surface area (TPSA) is 126 Å². The predicted octanol–water partition coefficient (Wildman–Crippen LogP) is -0.859. The molecule has 0 amide bonds. The molecule has 20 heavy (non-hydrogen) atoms. The Morgan fingerprint density at radius 2 is 0.850 bits per heavy atom. The second kappa shape index (κ2) is 7.34. The van der Waals surface area contributed by atoms with Crippen molar-refractivity contribution in [3.63, 3.8) is 0 Å². The van der Waals surface area contributed by atoms with E-state index in [4.69, 9.17) is 19.2 Å². The highest BCUT2D eigenvalue weighted by Gasteiger charge is 2.10. The Bertz CT molecular complexity index is 402. The molecule has 116 valence electrons. The molecule has 1 heterocycles. The molecular weight excluding hydrogens is 287 g/mol. The first-order valence-corrected chi connectivity index (χ1v) is 7.04. The Kier molecular flexibility index (Phi) is 6.80. The Balaban J connectivity index is 0.000000621. The SMILES string of the molecule is CN(C)c1nc(N(C)C)nc(N(C)C)n1.O=P(O)(O)O. The molecule has 11 heteroatoms. The van der Waals surface area contributed by atoms with E-state index in [0.29, 0.717) is 17.8 Å². The zero-order valence-electron chi connectivity index (χ0n) is 12.4. The van der Waals surface area contributed by atoms with E-state index in [-0.39, 0.29) is 0 Å². The molecule has 0 radical (unpaired) electrons. The van der Waals surface area contributed by atoms with Crippen molar-refractivity contribution >= 4 is 25.7 Å². The molecular formula is C9H21N6O4P. The largest absolute Gasteiger partial charge is 0.466 e. The lowest BCUT2D eigenvalue weighted by atomic mass is 10.7. The van der Waals surface area contributed by atoms with E-state index in [2.05, 4.69) is 15.0 Å². The van der Waals surface area contributed by atoms with Gasteiger partial charge in [-0.1, -0.05) is 0 Å². The summed E-state index contributed by atoms with van der Waals surface area (Å²) < 4.78 is 8.88. The summed E-state index contributed by atoms with van der Waals surface area (Å²) in [5, 5.41) is 0. The number of rotatable bonds is 3. The van der Waals surface area contributed by atoms with Crippen LogP contribution in [0.5, 0.6) is 0 Å². The van der Waals surface area contributed by atoms with Crippen LogP contribution in [0.1, 0.15) is 0 Å². The highest BCUT2D eigenvalue weighted by atomic mass is 31.2. The van der Waals surface area contributed by atoms with E-state index >= 15 is 0 Å². The van der Waals surface area contributed by atoms with Crippen LogP contribution in [0.2, 0.25) is 0 Å². The van der Waals surface area contributed by atoms with Crippen LogP contribution >= 0.6 is 7.82 Å². The van der Waals surface area contributed by atoms with Gasteiger partial charge in [-0.2, -0.15) is 15.0 Å². The van der Waals surface area contributed by atoms with Crippen molar-refractivity contribution < 1.29 is 19.2 Å². The Labute approximate surface area is 117 Å². The molecule has 0 saturated carbocycles. The second-order valence-corrected chi connectivity index (χ2v) is 5.46. The molecule has 1 aromatic rings. The van der Waals surface area contributed by atoms with Crippen LogP contribution in [0, 0.1) is 0 Å². The summed E-state index contributed by atoms with van der Waals surface area (Å²) >= 11 is 0. The minimum atomic E-state index is -4.64. The zero-order chi connectivity index (χ0) is 16.1. The number of hydrogen-bond acceptors (Lipinski definition) is 7. The van der Waals surface area contributed by atoms with Crippen LogP contribution < -0.4 is 14.7 Å². The first-order valence-electron chi connectivity index (χ1n) is 5.48. The van der Waals surface area contributed by atoms with Crippen molar-refractivity contribution in [3.05, 3.63) is 0 Å². The fraction of sp³-hybridized carbons (Fsp3) is 0.667. The smallest absolute Gasteiger partial charge is 0.347 e. The third kappa shape index (κ3) is 7.85. The average molecular weight is 308 g/mol. The van der Waals surface area contributed by atoms with Gasteiger partial charge in [0.25, 0.3) is 0 Å². The van der Waals surface area contributed by atoms with Crippen molar-refractivity contribution in [2.45, 2.75) is 0 Å². The lowest BCUT2D eigenvalue weighted by molar-refractivity contribution is 0.275. The number of phosphoric acid groups is 1. The van der Waals surface area contributed by atoms with Crippen molar-refractivity contribution in [1.29, 1.82) is 0 Å². The Morgan fingerprint density at radius 3 is 0.950 bits per heavy atom. The van der Waals surface area contributed by atoms with Crippen LogP contribution in [0.15, 0.2) is 0 Å². The van der Waals surface area contributed by atoms with Crippen molar-refractivity contribution in [3.8, 4) is 0 Å². The van der Waals surface area contributed by atoms with E-state index in [9.17, 15) is 0 Å². The summed E-state index contributed by atoms with van der Waals surface area (Å²) in [6.07, 6.45) is 0. The van der Waals surface area contributed by atoms with Gasteiger partial charge in [-0.15, -0.1) is 0 Å². The molecule has 3 N–H and O–H groups in total. The monoisotopic (exact) mass is 308 g/mol. The lowest BCUT2D eigenvalue weighted by Crippen LogP contribution is -2.22. The van der Waals surface area contributed by atoms with Gasteiger partial charge in [0.15, 0.2) is 0 Å². The van der Waals surface area contributed by atoms with Gasteiger partial charge in [0.1, 0.15) is 0 Å². The van der Waals surface area contributed by atoms with Crippen molar-refractivity contribution in [2.24, 2.45) is 0 Å². The number of aromatic nitrogens is 3. The fourth-order valence-electron chi connectivity index (χ4n) is 0.943. The number of nitrogens with zero attached hydrogens (tertiary/aromatic N) is 6. The molecule has 0 aliphatic heterocycles. The van der Waals surface area contributed by atoms with Gasteiger partial charge >= 0.3 is 7.82 Å². The molecule has 10 nitrogen and oxygen atoms in total. The number of anilines is 3. The maximum absolute atomic E-state index is 8.88. The molecule has 1 aromatic heterocycles. The first kappa shape index (κ1) is 18.5. The number of hydrogen-bond donors (Lipinski definition) is 3. The van der Waals surface area contributed by atoms with Crippen molar-refractivity contribution in [1.82, 2.24) is 15.0 Å².